The Morgan fingerprint density at radius 1 is 1.26 bits per heavy atom. The minimum atomic E-state index is 0.170. The number of aliphatic hydroxyl groups excluding tert-OH is 1. The minimum Gasteiger partial charge on any atom is -0.395 e. The van der Waals surface area contributed by atoms with Crippen LogP contribution >= 0.6 is 0 Å². The van der Waals surface area contributed by atoms with Crippen LogP contribution in [0.3, 0.4) is 0 Å². The van der Waals surface area contributed by atoms with Crippen molar-refractivity contribution in [3.05, 3.63) is 48.0 Å². The van der Waals surface area contributed by atoms with Gasteiger partial charge in [0.15, 0.2) is 0 Å². The molecule has 0 unspecified atom stereocenters. The largest absolute Gasteiger partial charge is 0.395 e. The summed E-state index contributed by atoms with van der Waals surface area (Å²) < 4.78 is 2.03. The van der Waals surface area contributed by atoms with Crippen LogP contribution < -0.4 is 0 Å². The van der Waals surface area contributed by atoms with Crippen molar-refractivity contribution in [1.29, 1.82) is 0 Å². The molecule has 2 aromatic rings. The first-order valence-electron chi connectivity index (χ1n) is 6.62. The van der Waals surface area contributed by atoms with E-state index in [0.29, 0.717) is 0 Å². The van der Waals surface area contributed by atoms with Crippen LogP contribution in [0.1, 0.15) is 17.8 Å². The molecule has 1 aliphatic rings. The topological polar surface area (TPSA) is 54.2 Å². The van der Waals surface area contributed by atoms with Gasteiger partial charge in [0.2, 0.25) is 0 Å². The third kappa shape index (κ3) is 2.67. The van der Waals surface area contributed by atoms with E-state index < -0.39 is 0 Å². The molecule has 5 heteroatoms. The first kappa shape index (κ1) is 12.3. The number of nitrogens with zero attached hydrogens (tertiary/aromatic N) is 4. The van der Waals surface area contributed by atoms with Crippen LogP contribution in [0.5, 0.6) is 0 Å². The van der Waals surface area contributed by atoms with Gasteiger partial charge in [0.05, 0.1) is 18.0 Å². The van der Waals surface area contributed by atoms with E-state index >= 15 is 0 Å². The highest BCUT2D eigenvalue weighted by Crippen LogP contribution is 2.18. The summed E-state index contributed by atoms with van der Waals surface area (Å²) >= 11 is 0. The number of aryl methyl sites for hydroxylation is 1. The molecule has 0 saturated heterocycles. The van der Waals surface area contributed by atoms with Crippen LogP contribution in [0, 0.1) is 0 Å². The maximum atomic E-state index is 9.59. The van der Waals surface area contributed by atoms with Gasteiger partial charge >= 0.3 is 0 Å². The van der Waals surface area contributed by atoms with Crippen molar-refractivity contribution in [1.82, 2.24) is 19.7 Å². The first-order chi connectivity index (χ1) is 9.36. The van der Waals surface area contributed by atoms with Gasteiger partial charge in [0.1, 0.15) is 0 Å². The van der Waals surface area contributed by atoms with Crippen LogP contribution in [-0.2, 0) is 19.6 Å². The summed E-state index contributed by atoms with van der Waals surface area (Å²) in [7, 11) is 0. The van der Waals surface area contributed by atoms with Crippen LogP contribution in [0.25, 0.3) is 0 Å². The molecule has 0 radical (unpaired) electrons. The van der Waals surface area contributed by atoms with Gasteiger partial charge in [0, 0.05) is 38.1 Å². The second-order valence-corrected chi connectivity index (χ2v) is 4.90. The van der Waals surface area contributed by atoms with Gasteiger partial charge in [-0.05, 0) is 24.6 Å². The van der Waals surface area contributed by atoms with E-state index in [9.17, 15) is 5.11 Å². The molecule has 3 rings (SSSR count). The van der Waals surface area contributed by atoms with Crippen molar-refractivity contribution in [3.63, 3.8) is 0 Å². The van der Waals surface area contributed by atoms with Gasteiger partial charge in [-0.15, -0.1) is 0 Å². The van der Waals surface area contributed by atoms with Gasteiger partial charge in [-0.3, -0.25) is 14.6 Å². The van der Waals surface area contributed by atoms with Crippen molar-refractivity contribution in [2.24, 2.45) is 0 Å². The van der Waals surface area contributed by atoms with Crippen LogP contribution in [-0.4, -0.2) is 37.4 Å². The molecule has 3 heterocycles. The lowest BCUT2D eigenvalue weighted by Gasteiger charge is -2.27. The van der Waals surface area contributed by atoms with E-state index in [1.54, 1.807) is 0 Å². The fourth-order valence-electron chi connectivity index (χ4n) is 2.58. The number of hydrogen-bond donors (Lipinski definition) is 1. The summed E-state index contributed by atoms with van der Waals surface area (Å²) in [4.78, 5) is 6.65. The predicted molar refractivity (Wildman–Crippen MR) is 71.2 cm³/mol. The zero-order chi connectivity index (χ0) is 13.1. The monoisotopic (exact) mass is 258 g/mol. The predicted octanol–water partition coefficient (Wildman–Crippen LogP) is 1.04. The molecule has 0 fully saturated rings. The molecule has 5 nitrogen and oxygen atoms in total. The van der Waals surface area contributed by atoms with Crippen molar-refractivity contribution >= 4 is 0 Å². The lowest BCUT2D eigenvalue weighted by Crippen LogP contribution is -2.36. The zero-order valence-corrected chi connectivity index (χ0v) is 10.8. The Balaban J connectivity index is 1.81. The van der Waals surface area contributed by atoms with Crippen molar-refractivity contribution in [3.8, 4) is 0 Å². The summed E-state index contributed by atoms with van der Waals surface area (Å²) in [6, 6.07) is 8.16. The summed E-state index contributed by atoms with van der Waals surface area (Å²) in [5.74, 6) is 0. The SMILES string of the molecule is OC[C@@H]1CCn2nccc2CN1Cc1ccccn1. The van der Waals surface area contributed by atoms with Crippen LogP contribution in [0.4, 0.5) is 0 Å². The van der Waals surface area contributed by atoms with E-state index in [4.69, 9.17) is 0 Å². The van der Waals surface area contributed by atoms with E-state index in [-0.39, 0.29) is 12.6 Å². The summed E-state index contributed by atoms with van der Waals surface area (Å²) in [5.41, 5.74) is 2.24. The molecule has 1 N–H and O–H groups in total. The normalized spacial score (nSPS) is 19.9. The third-order valence-corrected chi connectivity index (χ3v) is 3.66. The van der Waals surface area contributed by atoms with Crippen molar-refractivity contribution in [2.45, 2.75) is 32.1 Å². The van der Waals surface area contributed by atoms with E-state index in [1.807, 2.05) is 41.3 Å². The number of hydrogen-bond acceptors (Lipinski definition) is 4. The third-order valence-electron chi connectivity index (χ3n) is 3.66. The molecular formula is C14H18N4O. The van der Waals surface area contributed by atoms with Crippen molar-refractivity contribution < 1.29 is 5.11 Å². The highest BCUT2D eigenvalue weighted by atomic mass is 16.3. The fraction of sp³-hybridized carbons (Fsp3) is 0.429. The Bertz CT molecular complexity index is 525. The Hall–Kier alpha value is -1.72. The quantitative estimate of drug-likeness (QED) is 0.894. The molecule has 2 aromatic heterocycles. The molecule has 0 aromatic carbocycles. The smallest absolute Gasteiger partial charge is 0.0587 e. The molecule has 100 valence electrons. The zero-order valence-electron chi connectivity index (χ0n) is 10.8. The minimum absolute atomic E-state index is 0.170. The molecule has 0 bridgehead atoms. The summed E-state index contributed by atoms with van der Waals surface area (Å²) in [5, 5.41) is 13.9. The lowest BCUT2D eigenvalue weighted by atomic mass is 10.1. The molecular weight excluding hydrogens is 240 g/mol. The number of aliphatic hydroxyl groups is 1. The Morgan fingerprint density at radius 3 is 3.00 bits per heavy atom. The average molecular weight is 258 g/mol. The van der Waals surface area contributed by atoms with E-state index in [2.05, 4.69) is 15.0 Å². The molecule has 0 aliphatic carbocycles. The maximum Gasteiger partial charge on any atom is 0.0587 e. The van der Waals surface area contributed by atoms with Crippen LogP contribution in [0.2, 0.25) is 0 Å². The summed E-state index contributed by atoms with van der Waals surface area (Å²) in [6.45, 7) is 2.61. The number of pyridine rings is 1. The van der Waals surface area contributed by atoms with E-state index in [1.165, 1.54) is 5.69 Å². The van der Waals surface area contributed by atoms with Gasteiger partial charge in [0.25, 0.3) is 0 Å². The first-order valence-corrected chi connectivity index (χ1v) is 6.62. The molecule has 0 amide bonds. The molecule has 0 saturated carbocycles. The average Bonchev–Trinajstić information content (AvgIpc) is 2.81. The maximum absolute atomic E-state index is 9.59. The van der Waals surface area contributed by atoms with Gasteiger partial charge in [-0.1, -0.05) is 6.07 Å². The van der Waals surface area contributed by atoms with Gasteiger partial charge in [-0.25, -0.2) is 0 Å². The molecule has 1 aliphatic heterocycles. The van der Waals surface area contributed by atoms with E-state index in [0.717, 1.165) is 31.7 Å². The fourth-order valence-corrected chi connectivity index (χ4v) is 2.58. The second-order valence-electron chi connectivity index (χ2n) is 4.90. The Kier molecular flexibility index (Phi) is 3.57. The number of rotatable bonds is 3. The number of aromatic nitrogens is 3. The van der Waals surface area contributed by atoms with Crippen LogP contribution in [0.15, 0.2) is 36.7 Å². The molecule has 0 spiro atoms. The van der Waals surface area contributed by atoms with Crippen molar-refractivity contribution in [2.75, 3.05) is 6.61 Å². The van der Waals surface area contributed by atoms with Gasteiger partial charge in [-0.2, -0.15) is 5.10 Å². The standard InChI is InChI=1S/C14H18N4O/c19-11-14-5-8-18-13(4-7-16-18)10-17(14)9-12-3-1-2-6-15-12/h1-4,6-7,14,19H,5,8-11H2/t14-/m0/s1. The lowest BCUT2D eigenvalue weighted by molar-refractivity contribution is 0.106. The Labute approximate surface area is 112 Å². The molecule has 19 heavy (non-hydrogen) atoms. The highest BCUT2D eigenvalue weighted by molar-refractivity contribution is 5.06. The molecule has 1 atom stereocenters. The summed E-state index contributed by atoms with van der Waals surface area (Å²) in [6.07, 6.45) is 4.57. The highest BCUT2D eigenvalue weighted by Gasteiger charge is 2.23. The van der Waals surface area contributed by atoms with Gasteiger partial charge < -0.3 is 5.11 Å². The Morgan fingerprint density at radius 2 is 2.21 bits per heavy atom. The second kappa shape index (κ2) is 5.50. The number of fused-ring (bicyclic) bond motifs is 1.